The molecular formula is C71H61NS. The largest absolute Gasteiger partial charge is 0.310 e. The van der Waals surface area contributed by atoms with E-state index in [-0.39, 0.29) is 10.8 Å². The Kier molecular flexibility index (Phi) is 10.5. The van der Waals surface area contributed by atoms with Gasteiger partial charge in [0.15, 0.2) is 0 Å². The highest BCUT2D eigenvalue weighted by Crippen LogP contribution is 2.67. The van der Waals surface area contributed by atoms with Gasteiger partial charge in [-0.1, -0.05) is 248 Å². The summed E-state index contributed by atoms with van der Waals surface area (Å²) < 4.78 is 0. The molecule has 2 heteroatoms. The molecule has 0 bridgehead atoms. The number of allylic oxidation sites excluding steroid dienone is 3. The zero-order valence-electron chi connectivity index (χ0n) is 42.9. The van der Waals surface area contributed by atoms with Crippen molar-refractivity contribution in [1.82, 2.24) is 0 Å². The first-order chi connectivity index (χ1) is 35.4. The molecule has 4 aliphatic rings. The lowest BCUT2D eigenvalue weighted by molar-refractivity contribution is 0.228. The van der Waals surface area contributed by atoms with E-state index >= 15 is 0 Å². The van der Waals surface area contributed by atoms with E-state index in [9.17, 15) is 0 Å². The maximum atomic E-state index is 2.60. The average Bonchev–Trinajstić information content (AvgIpc) is 3.88. The van der Waals surface area contributed by atoms with Gasteiger partial charge in [-0.05, 0) is 143 Å². The number of nitrogens with zero attached hydrogens (tertiary/aromatic N) is 1. The lowest BCUT2D eigenvalue weighted by atomic mass is 9.57. The molecule has 3 atom stereocenters. The highest BCUT2D eigenvalue weighted by molar-refractivity contribution is 8.03. The van der Waals surface area contributed by atoms with Crippen molar-refractivity contribution in [3.05, 3.63) is 286 Å². The Bertz CT molecular complexity index is 3660. The van der Waals surface area contributed by atoms with E-state index in [0.29, 0.717) is 11.8 Å². The minimum Gasteiger partial charge on any atom is -0.310 e. The van der Waals surface area contributed by atoms with Crippen LogP contribution < -0.4 is 4.90 Å². The summed E-state index contributed by atoms with van der Waals surface area (Å²) in [5.41, 5.74) is 22.2. The van der Waals surface area contributed by atoms with Gasteiger partial charge in [0.1, 0.15) is 0 Å². The fourth-order valence-corrected chi connectivity index (χ4v) is 15.0. The number of anilines is 3. The molecule has 1 heterocycles. The third-order valence-electron chi connectivity index (χ3n) is 16.8. The second-order valence-electron chi connectivity index (χ2n) is 22.9. The van der Waals surface area contributed by atoms with Crippen LogP contribution in [0.25, 0.3) is 33.4 Å². The topological polar surface area (TPSA) is 3.24 Å². The summed E-state index contributed by atoms with van der Waals surface area (Å²) in [4.78, 5) is 5.25. The molecule has 0 fully saturated rings. The number of rotatable bonds is 6. The fourth-order valence-electron chi connectivity index (χ4n) is 13.7. The Morgan fingerprint density at radius 3 is 1.60 bits per heavy atom. The minimum absolute atomic E-state index is 0.0214. The molecule has 0 saturated carbocycles. The first kappa shape index (κ1) is 45.5. The number of hydrogen-bond acceptors (Lipinski definition) is 2. The van der Waals surface area contributed by atoms with Crippen LogP contribution in [0.4, 0.5) is 17.1 Å². The summed E-state index contributed by atoms with van der Waals surface area (Å²) in [5.74, 6) is 0.672. The molecular weight excluding hydrogens is 899 g/mol. The smallest absolute Gasteiger partial charge is 0.0714 e. The monoisotopic (exact) mass is 959 g/mol. The molecule has 1 spiro atoms. The van der Waals surface area contributed by atoms with Gasteiger partial charge in [0.2, 0.25) is 0 Å². The van der Waals surface area contributed by atoms with Gasteiger partial charge in [0.25, 0.3) is 0 Å². The molecule has 0 amide bonds. The molecule has 0 saturated heterocycles. The van der Waals surface area contributed by atoms with Crippen molar-refractivity contribution in [2.24, 2.45) is 17.3 Å². The van der Waals surface area contributed by atoms with E-state index in [0.717, 1.165) is 17.1 Å². The van der Waals surface area contributed by atoms with Crippen LogP contribution in [0, 0.1) is 17.3 Å². The van der Waals surface area contributed by atoms with E-state index in [1.165, 1.54) is 87.7 Å². The molecule has 3 aliphatic carbocycles. The fraction of sp³-hybridized carbons (Fsp3) is 0.183. The second kappa shape index (κ2) is 16.8. The zero-order valence-corrected chi connectivity index (χ0v) is 43.8. The van der Waals surface area contributed by atoms with Crippen LogP contribution in [0.5, 0.6) is 0 Å². The summed E-state index contributed by atoms with van der Waals surface area (Å²) in [5, 5.41) is 0. The van der Waals surface area contributed by atoms with Crippen molar-refractivity contribution in [1.29, 1.82) is 0 Å². The Hall–Kier alpha value is -7.39. The van der Waals surface area contributed by atoms with E-state index in [4.69, 9.17) is 0 Å². The van der Waals surface area contributed by atoms with Crippen molar-refractivity contribution >= 4 is 28.8 Å². The van der Waals surface area contributed by atoms with E-state index < -0.39 is 10.8 Å². The molecule has 9 aromatic carbocycles. The summed E-state index contributed by atoms with van der Waals surface area (Å²) in [6, 6.07) is 82.8. The quantitative estimate of drug-likeness (QED) is 0.163. The van der Waals surface area contributed by atoms with Crippen molar-refractivity contribution in [3.63, 3.8) is 0 Å². The van der Waals surface area contributed by atoms with Gasteiger partial charge in [-0.2, -0.15) is 0 Å². The molecule has 3 unspecified atom stereocenters. The molecule has 0 aromatic heterocycles. The lowest BCUT2D eigenvalue weighted by Crippen LogP contribution is -2.41. The van der Waals surface area contributed by atoms with Gasteiger partial charge < -0.3 is 4.90 Å². The van der Waals surface area contributed by atoms with Crippen molar-refractivity contribution in [2.75, 3.05) is 4.90 Å². The third-order valence-corrected chi connectivity index (χ3v) is 18.0. The molecule has 13 rings (SSSR count). The number of fused-ring (bicyclic) bond motifs is 11. The summed E-state index contributed by atoms with van der Waals surface area (Å²) in [6.45, 7) is 16.9. The predicted molar refractivity (Wildman–Crippen MR) is 308 cm³/mol. The molecule has 73 heavy (non-hydrogen) atoms. The van der Waals surface area contributed by atoms with Crippen molar-refractivity contribution < 1.29 is 0 Å². The van der Waals surface area contributed by atoms with Crippen LogP contribution in [0.3, 0.4) is 0 Å². The molecule has 0 N–H and O–H groups in total. The number of benzene rings is 9. The zero-order chi connectivity index (χ0) is 49.9. The molecule has 9 aromatic rings. The third kappa shape index (κ3) is 6.76. The summed E-state index contributed by atoms with van der Waals surface area (Å²) >= 11 is 1.98. The first-order valence-electron chi connectivity index (χ1n) is 26.2. The SMILES string of the molecule is CC1C2=C(C=CC1C(C)(C)C)Sc1ccc(C(C)(C)C)cc1C21c2ccccc2-c2ccc(-c3ccccc3N(c3ccccc3)c3ccc4c(c3)C(c3ccccc3)(c3ccccc3)c3ccccc3-4)cc21. The van der Waals surface area contributed by atoms with Gasteiger partial charge in [0.05, 0.1) is 16.5 Å². The van der Waals surface area contributed by atoms with Crippen LogP contribution >= 0.6 is 11.8 Å². The van der Waals surface area contributed by atoms with Crippen LogP contribution in [-0.4, -0.2) is 0 Å². The number of para-hydroxylation sites is 2. The normalized spacial score (nSPS) is 18.9. The van der Waals surface area contributed by atoms with Crippen molar-refractivity contribution in [3.8, 4) is 33.4 Å². The minimum atomic E-state index is -0.526. The van der Waals surface area contributed by atoms with Gasteiger partial charge in [-0.25, -0.2) is 0 Å². The Morgan fingerprint density at radius 1 is 0.438 bits per heavy atom. The average molecular weight is 960 g/mol. The van der Waals surface area contributed by atoms with Gasteiger partial charge >= 0.3 is 0 Å². The lowest BCUT2D eigenvalue weighted by Gasteiger charge is -2.49. The maximum absolute atomic E-state index is 2.60. The molecule has 0 radical (unpaired) electrons. The first-order valence-corrected chi connectivity index (χ1v) is 27.0. The molecule has 1 nitrogen and oxygen atoms in total. The second-order valence-corrected chi connectivity index (χ2v) is 24.0. The predicted octanol–water partition coefficient (Wildman–Crippen LogP) is 19.0. The van der Waals surface area contributed by atoms with Crippen LogP contribution in [-0.2, 0) is 16.2 Å². The highest BCUT2D eigenvalue weighted by Gasteiger charge is 2.55. The highest BCUT2D eigenvalue weighted by atomic mass is 32.2. The van der Waals surface area contributed by atoms with E-state index in [2.05, 4.69) is 284 Å². The standard InChI is InChI=1S/C71H61NS/c1-46-58(69(5,6)7)40-42-66-67(46)71(63-44-50(68(2,3)4)36-41-65(63)73-66)60-33-21-18-31-55(60)56-38-35-47(43-61(56)71)53-29-19-22-34-64(53)72(51-27-15-10-16-28-51)52-37-39-57-54-30-17-20-32-59(54)70(62(57)45-52,48-23-11-8-12-24-48)49-25-13-9-14-26-49/h8-46,58H,1-7H3. The summed E-state index contributed by atoms with van der Waals surface area (Å²) in [6.07, 6.45) is 5.00. The van der Waals surface area contributed by atoms with Gasteiger partial charge in [-0.3, -0.25) is 0 Å². The van der Waals surface area contributed by atoms with Crippen LogP contribution in [0.15, 0.2) is 246 Å². The molecule has 1 aliphatic heterocycles. The van der Waals surface area contributed by atoms with Crippen LogP contribution in [0.2, 0.25) is 0 Å². The molecule has 356 valence electrons. The summed E-state index contributed by atoms with van der Waals surface area (Å²) in [7, 11) is 0. The number of hydrogen-bond donors (Lipinski definition) is 0. The van der Waals surface area contributed by atoms with E-state index in [1.807, 2.05) is 11.8 Å². The Labute approximate surface area is 437 Å². The maximum Gasteiger partial charge on any atom is 0.0714 e. The van der Waals surface area contributed by atoms with Crippen molar-refractivity contribution in [2.45, 2.75) is 69.6 Å². The van der Waals surface area contributed by atoms with Gasteiger partial charge in [0, 0.05) is 26.7 Å². The number of thioether (sulfide) groups is 1. The Morgan fingerprint density at radius 2 is 0.973 bits per heavy atom. The van der Waals surface area contributed by atoms with Gasteiger partial charge in [-0.15, -0.1) is 0 Å². The van der Waals surface area contributed by atoms with Crippen LogP contribution in [0.1, 0.15) is 93.0 Å². The van der Waals surface area contributed by atoms with E-state index in [1.54, 1.807) is 5.57 Å². The Balaban J connectivity index is 1.05.